The molecule has 4 nitrogen and oxygen atoms in total. The number of benzene rings is 7. The topological polar surface area (TPSA) is 41.6 Å². The number of aryl methyl sites for hydroxylation is 1. The molecular formula is C67H71BN2O2. The second-order valence-electron chi connectivity index (χ2n) is 26.6. The number of nitrogens with zero attached hydrogens (tertiary/aromatic N) is 1. The molecule has 3 heterocycles. The minimum atomic E-state index is -0.000533. The maximum Gasteiger partial charge on any atom is 0.198 e. The lowest BCUT2D eigenvalue weighted by molar-refractivity contribution is 0.332. The van der Waals surface area contributed by atoms with Gasteiger partial charge >= 0.3 is 0 Å². The summed E-state index contributed by atoms with van der Waals surface area (Å²) in [5, 5.41) is 8.77. The number of furan rings is 2. The Morgan fingerprint density at radius 2 is 0.972 bits per heavy atom. The summed E-state index contributed by atoms with van der Waals surface area (Å²) in [7, 11) is 0.731. The van der Waals surface area contributed by atoms with Crippen molar-refractivity contribution in [1.82, 2.24) is 0 Å². The lowest BCUT2D eigenvalue weighted by Gasteiger charge is -2.44. The third-order valence-electron chi connectivity index (χ3n) is 19.0. The third kappa shape index (κ3) is 6.70. The Labute approximate surface area is 427 Å². The van der Waals surface area contributed by atoms with Gasteiger partial charge in [-0.3, -0.25) is 0 Å². The average molecular weight is 947 g/mol. The van der Waals surface area contributed by atoms with Crippen molar-refractivity contribution in [2.75, 3.05) is 10.2 Å². The van der Waals surface area contributed by atoms with Gasteiger partial charge in [-0.25, -0.2) is 0 Å². The summed E-state index contributed by atoms with van der Waals surface area (Å²) in [6.07, 6.45) is 6.96. The van der Waals surface area contributed by atoms with Gasteiger partial charge in [0.2, 0.25) is 0 Å². The molecule has 0 atom stereocenters. The van der Waals surface area contributed by atoms with E-state index in [4.69, 9.17) is 8.83 Å². The summed E-state index contributed by atoms with van der Waals surface area (Å²) < 4.78 is 14.0. The van der Waals surface area contributed by atoms with Crippen LogP contribution in [-0.4, -0.2) is 7.28 Å². The minimum absolute atomic E-state index is 0.000533. The number of para-hydroxylation sites is 2. The summed E-state index contributed by atoms with van der Waals surface area (Å²) in [6, 6.07) is 41.9. The monoisotopic (exact) mass is 947 g/mol. The zero-order valence-corrected chi connectivity index (χ0v) is 45.1. The highest BCUT2D eigenvalue weighted by Gasteiger charge is 2.43. The van der Waals surface area contributed by atoms with Crippen LogP contribution in [0.4, 0.5) is 28.4 Å². The van der Waals surface area contributed by atoms with E-state index in [1.165, 1.54) is 85.9 Å². The average Bonchev–Trinajstić information content (AvgIpc) is 3.89. The van der Waals surface area contributed by atoms with Gasteiger partial charge in [0.1, 0.15) is 16.7 Å². The molecule has 0 saturated carbocycles. The molecule has 0 bridgehead atoms. The fourth-order valence-corrected chi connectivity index (χ4v) is 14.0. The van der Waals surface area contributed by atoms with Gasteiger partial charge in [0.25, 0.3) is 0 Å². The highest BCUT2D eigenvalue weighted by Crippen LogP contribution is 2.55. The van der Waals surface area contributed by atoms with E-state index in [0.29, 0.717) is 0 Å². The molecule has 0 saturated heterocycles. The highest BCUT2D eigenvalue weighted by molar-refractivity contribution is 6.74. The Bertz CT molecular complexity index is 3790. The zero-order valence-electron chi connectivity index (χ0n) is 45.1. The summed E-state index contributed by atoms with van der Waals surface area (Å²) in [6.45, 7) is 31.7. The van der Waals surface area contributed by atoms with Gasteiger partial charge in [-0.05, 0) is 176 Å². The Kier molecular flexibility index (Phi) is 9.48. The molecule has 3 aliphatic carbocycles. The maximum atomic E-state index is 7.26. The molecule has 1 aliphatic heterocycles. The molecule has 5 heteroatoms. The molecular weight excluding hydrogens is 876 g/mol. The van der Waals surface area contributed by atoms with Crippen molar-refractivity contribution in [3.63, 3.8) is 0 Å². The molecule has 7 aromatic carbocycles. The number of hydrogen-bond acceptors (Lipinski definition) is 4. The van der Waals surface area contributed by atoms with Crippen LogP contribution in [-0.2, 0) is 32.5 Å². The number of hydrogen-bond donors (Lipinski definition) is 1. The Morgan fingerprint density at radius 1 is 0.444 bits per heavy atom. The van der Waals surface area contributed by atoms with E-state index in [0.717, 1.165) is 93.2 Å². The molecule has 0 unspecified atom stereocenters. The van der Waals surface area contributed by atoms with E-state index >= 15 is 0 Å². The molecule has 72 heavy (non-hydrogen) atoms. The Hall–Kier alpha value is -6.20. The quantitative estimate of drug-likeness (QED) is 0.179. The summed E-state index contributed by atoms with van der Waals surface area (Å²) in [4.78, 5) is 2.59. The molecule has 0 radical (unpaired) electrons. The molecule has 4 aliphatic rings. The maximum absolute atomic E-state index is 7.26. The molecule has 0 amide bonds. The van der Waals surface area contributed by atoms with Gasteiger partial charge in [0, 0.05) is 55.9 Å². The van der Waals surface area contributed by atoms with Crippen LogP contribution in [0.3, 0.4) is 0 Å². The van der Waals surface area contributed by atoms with Crippen molar-refractivity contribution in [3.8, 4) is 11.1 Å². The first-order valence-corrected chi connectivity index (χ1v) is 27.0. The summed E-state index contributed by atoms with van der Waals surface area (Å²) in [5.74, 6) is 0. The van der Waals surface area contributed by atoms with Crippen LogP contribution in [0.1, 0.15) is 161 Å². The molecule has 1 N–H and O–H groups in total. The molecule has 13 rings (SSSR count). The number of rotatable bonds is 4. The van der Waals surface area contributed by atoms with Crippen molar-refractivity contribution >= 4 is 90.5 Å². The molecule has 0 spiro atoms. The lowest BCUT2D eigenvalue weighted by Crippen LogP contribution is -2.41. The predicted octanol–water partition coefficient (Wildman–Crippen LogP) is 17.4. The normalized spacial score (nSPS) is 19.6. The number of fused-ring (bicyclic) bond motifs is 12. The highest BCUT2D eigenvalue weighted by atomic mass is 16.3. The van der Waals surface area contributed by atoms with E-state index < -0.39 is 0 Å². The van der Waals surface area contributed by atoms with Crippen LogP contribution in [0.5, 0.6) is 0 Å². The van der Waals surface area contributed by atoms with Gasteiger partial charge in [0.15, 0.2) is 12.9 Å². The standard InChI is InChI=1S/C67H71BN2O2/c1-38-30-47-51(67(12,13)29-26-63(47,4)5)36-54(38)70-55-37-58-43(40-18-14-16-20-56(40)71-58)34-52(55)68-59-44(32-45-41-19-15-17-21-57(41)72-61(45)60(59)70)42-33-49-50(66(10,11)28-27-65(49,8)9)35-53(42)69-39-22-23-46-48(31-39)64(6,7)25-24-62(46,2)3/h14-23,30-37,68-69H,24-29H2,1-13H3. The van der Waals surface area contributed by atoms with Gasteiger partial charge in [0.05, 0.1) is 5.69 Å². The van der Waals surface area contributed by atoms with E-state index in [1.807, 2.05) is 0 Å². The van der Waals surface area contributed by atoms with Crippen LogP contribution in [0, 0.1) is 6.92 Å². The summed E-state index contributed by atoms with van der Waals surface area (Å²) >= 11 is 0. The predicted molar refractivity (Wildman–Crippen MR) is 308 cm³/mol. The van der Waals surface area contributed by atoms with Crippen molar-refractivity contribution in [2.24, 2.45) is 0 Å². The number of nitrogens with one attached hydrogen (secondary N) is 1. The second-order valence-corrected chi connectivity index (χ2v) is 26.6. The first kappa shape index (κ1) is 45.7. The van der Waals surface area contributed by atoms with E-state index in [1.54, 1.807) is 0 Å². The zero-order chi connectivity index (χ0) is 50.2. The molecule has 0 fully saturated rings. The summed E-state index contributed by atoms with van der Waals surface area (Å²) in [5.41, 5.74) is 24.8. The first-order chi connectivity index (χ1) is 34.0. The van der Waals surface area contributed by atoms with Gasteiger partial charge in [-0.15, -0.1) is 0 Å². The van der Waals surface area contributed by atoms with Crippen LogP contribution in [0.2, 0.25) is 0 Å². The first-order valence-electron chi connectivity index (χ1n) is 27.0. The van der Waals surface area contributed by atoms with E-state index in [9.17, 15) is 0 Å². The van der Waals surface area contributed by atoms with Crippen LogP contribution in [0.25, 0.3) is 55.0 Å². The second kappa shape index (κ2) is 15.0. The van der Waals surface area contributed by atoms with Crippen LogP contribution < -0.4 is 21.1 Å². The SMILES string of the molecule is Cc1cc2c(cc1N1c3cc4oc5ccccc5c4cc3Bc3c(-c4cc5c(cc4Nc4ccc6c(c4)C(C)(C)CCC6(C)C)C(C)(C)CCC5(C)C)cc4c(oc5ccccc54)c31)C(C)(C)CCC2(C)C. The minimum Gasteiger partial charge on any atom is -0.456 e. The fourth-order valence-electron chi connectivity index (χ4n) is 14.0. The Balaban J connectivity index is 1.14. The van der Waals surface area contributed by atoms with Gasteiger partial charge in [-0.1, -0.05) is 143 Å². The number of anilines is 5. The van der Waals surface area contributed by atoms with Gasteiger partial charge in [-0.2, -0.15) is 0 Å². The third-order valence-corrected chi connectivity index (χ3v) is 19.0. The van der Waals surface area contributed by atoms with Gasteiger partial charge < -0.3 is 19.1 Å². The Morgan fingerprint density at radius 3 is 1.61 bits per heavy atom. The van der Waals surface area contributed by atoms with E-state index in [-0.39, 0.29) is 32.5 Å². The van der Waals surface area contributed by atoms with Crippen molar-refractivity contribution in [1.29, 1.82) is 0 Å². The molecule has 2 aromatic heterocycles. The molecule has 364 valence electrons. The smallest absolute Gasteiger partial charge is 0.198 e. The van der Waals surface area contributed by atoms with Crippen molar-refractivity contribution in [3.05, 3.63) is 148 Å². The largest absolute Gasteiger partial charge is 0.456 e. The fraction of sp³-hybridized carbons (Fsp3) is 0.373. The van der Waals surface area contributed by atoms with Crippen LogP contribution in [0.15, 0.2) is 118 Å². The van der Waals surface area contributed by atoms with Crippen LogP contribution >= 0.6 is 0 Å². The lowest BCUT2D eigenvalue weighted by atomic mass is 9.57. The van der Waals surface area contributed by atoms with E-state index in [2.05, 4.69) is 209 Å². The van der Waals surface area contributed by atoms with Crippen molar-refractivity contribution in [2.45, 2.75) is 161 Å². The molecule has 9 aromatic rings. The van der Waals surface area contributed by atoms with Crippen molar-refractivity contribution < 1.29 is 8.83 Å².